The molecule has 0 unspecified atom stereocenters. The van der Waals surface area contributed by atoms with Crippen molar-refractivity contribution in [3.63, 3.8) is 0 Å². The van der Waals surface area contributed by atoms with E-state index in [2.05, 4.69) is 15.2 Å². The Morgan fingerprint density at radius 2 is 2.25 bits per heavy atom. The second-order valence-corrected chi connectivity index (χ2v) is 6.69. The zero-order chi connectivity index (χ0) is 17.1. The fraction of sp³-hybridized carbons (Fsp3) is 0.357. The van der Waals surface area contributed by atoms with Crippen LogP contribution in [0.25, 0.3) is 4.96 Å². The molecule has 0 saturated carbocycles. The summed E-state index contributed by atoms with van der Waals surface area (Å²) in [5, 5.41) is 10.6. The molecule has 0 bridgehead atoms. The van der Waals surface area contributed by atoms with Gasteiger partial charge in [0.1, 0.15) is 12.2 Å². The summed E-state index contributed by atoms with van der Waals surface area (Å²) in [6.07, 6.45) is 1.79. The molecule has 0 aliphatic heterocycles. The van der Waals surface area contributed by atoms with Crippen molar-refractivity contribution in [2.45, 2.75) is 24.3 Å². The van der Waals surface area contributed by atoms with E-state index in [4.69, 9.17) is 4.74 Å². The fourth-order valence-electron chi connectivity index (χ4n) is 2.07. The van der Waals surface area contributed by atoms with Crippen molar-refractivity contribution in [1.29, 1.82) is 0 Å². The van der Waals surface area contributed by atoms with Gasteiger partial charge in [0.25, 0.3) is 5.56 Å². The molecule has 0 radical (unpaired) electrons. The molecule has 0 amide bonds. The van der Waals surface area contributed by atoms with Gasteiger partial charge in [-0.25, -0.2) is 4.98 Å². The summed E-state index contributed by atoms with van der Waals surface area (Å²) in [7, 11) is 1.79. The first-order valence-corrected chi connectivity index (χ1v) is 9.07. The van der Waals surface area contributed by atoms with Crippen molar-refractivity contribution in [3.8, 4) is 0 Å². The molecular formula is C14H15N5O3S2. The number of carbonyl (C=O) groups is 1. The zero-order valence-corrected chi connectivity index (χ0v) is 14.8. The first-order valence-electron chi connectivity index (χ1n) is 7.21. The number of carbonyl (C=O) groups excluding carboxylic acids is 1. The van der Waals surface area contributed by atoms with Crippen LogP contribution >= 0.6 is 23.1 Å². The molecule has 3 aromatic heterocycles. The Morgan fingerprint density at radius 3 is 3.04 bits per heavy atom. The van der Waals surface area contributed by atoms with Crippen LogP contribution in [0.5, 0.6) is 0 Å². The number of nitrogens with zero attached hydrogens (tertiary/aromatic N) is 5. The van der Waals surface area contributed by atoms with Crippen molar-refractivity contribution in [3.05, 3.63) is 39.5 Å². The third-order valence-electron chi connectivity index (χ3n) is 3.24. The smallest absolute Gasteiger partial charge is 0.313 e. The van der Waals surface area contributed by atoms with E-state index in [1.54, 1.807) is 24.7 Å². The summed E-state index contributed by atoms with van der Waals surface area (Å²) in [4.78, 5) is 28.6. The first-order chi connectivity index (χ1) is 11.6. The summed E-state index contributed by atoms with van der Waals surface area (Å²) in [5.41, 5.74) is 0.584. The molecule has 0 fully saturated rings. The molecule has 0 atom stereocenters. The third-order valence-corrected chi connectivity index (χ3v) is 5.05. The topological polar surface area (TPSA) is 91.4 Å². The molecule has 0 saturated heterocycles. The fourth-order valence-corrected chi connectivity index (χ4v) is 3.63. The Hall–Kier alpha value is -2.20. The van der Waals surface area contributed by atoms with Crippen LogP contribution in [0, 0.1) is 0 Å². The van der Waals surface area contributed by atoms with Gasteiger partial charge in [-0.2, -0.15) is 0 Å². The summed E-state index contributed by atoms with van der Waals surface area (Å²) in [6, 6.07) is 1.52. The van der Waals surface area contributed by atoms with Crippen molar-refractivity contribution >= 4 is 34.0 Å². The molecule has 126 valence electrons. The second kappa shape index (κ2) is 7.14. The lowest BCUT2D eigenvalue weighted by molar-refractivity contribution is -0.142. The quantitative estimate of drug-likeness (QED) is 0.480. The maximum Gasteiger partial charge on any atom is 0.313 e. The van der Waals surface area contributed by atoms with Crippen LogP contribution in [0.15, 0.2) is 27.6 Å². The average molecular weight is 365 g/mol. The molecule has 0 aliphatic rings. The number of thiazole rings is 1. The van der Waals surface area contributed by atoms with Gasteiger partial charge in [0.2, 0.25) is 0 Å². The molecule has 0 N–H and O–H groups in total. The predicted molar refractivity (Wildman–Crippen MR) is 90.2 cm³/mol. The number of fused-ring (bicyclic) bond motifs is 1. The molecule has 24 heavy (non-hydrogen) atoms. The lowest BCUT2D eigenvalue weighted by Crippen LogP contribution is -2.12. The van der Waals surface area contributed by atoms with Crippen molar-refractivity contribution in [2.24, 2.45) is 7.05 Å². The maximum absolute atomic E-state index is 12.0. The van der Waals surface area contributed by atoms with Gasteiger partial charge < -0.3 is 9.30 Å². The molecular weight excluding hydrogens is 350 g/mol. The lowest BCUT2D eigenvalue weighted by Gasteiger charge is -2.04. The van der Waals surface area contributed by atoms with E-state index in [0.29, 0.717) is 34.0 Å². The van der Waals surface area contributed by atoms with E-state index in [9.17, 15) is 9.59 Å². The highest BCUT2D eigenvalue weighted by atomic mass is 32.2. The SMILES string of the molecule is CCOC(=O)Cc1nnc(SCc2cc(=O)n3ccsc3n2)n1C. The number of aromatic nitrogens is 5. The minimum Gasteiger partial charge on any atom is -0.466 e. The van der Waals surface area contributed by atoms with Gasteiger partial charge >= 0.3 is 5.97 Å². The predicted octanol–water partition coefficient (Wildman–Crippen LogP) is 1.28. The standard InChI is InChI=1S/C14H15N5O3S2/c1-3-22-12(21)7-10-16-17-14(18(10)2)24-8-9-6-11(20)19-4-5-23-13(19)15-9/h4-6H,3,7-8H2,1-2H3. The van der Waals surface area contributed by atoms with Crippen molar-refractivity contribution in [2.75, 3.05) is 6.61 Å². The van der Waals surface area contributed by atoms with E-state index < -0.39 is 0 Å². The number of ether oxygens (including phenoxy) is 1. The van der Waals surface area contributed by atoms with E-state index in [-0.39, 0.29) is 17.9 Å². The van der Waals surface area contributed by atoms with Crippen LogP contribution in [0.3, 0.4) is 0 Å². The molecule has 0 aromatic carbocycles. The molecule has 0 aliphatic carbocycles. The van der Waals surface area contributed by atoms with Crippen LogP contribution in [0.2, 0.25) is 0 Å². The minimum atomic E-state index is -0.331. The Kier molecular flexibility index (Phi) is 4.95. The minimum absolute atomic E-state index is 0.0820. The second-order valence-electron chi connectivity index (χ2n) is 4.87. The molecule has 10 heteroatoms. The lowest BCUT2D eigenvalue weighted by atomic mass is 10.4. The highest BCUT2D eigenvalue weighted by molar-refractivity contribution is 7.98. The number of thioether (sulfide) groups is 1. The van der Waals surface area contributed by atoms with Crippen LogP contribution in [0.4, 0.5) is 0 Å². The largest absolute Gasteiger partial charge is 0.466 e. The highest BCUT2D eigenvalue weighted by Crippen LogP contribution is 2.20. The van der Waals surface area contributed by atoms with Crippen LogP contribution in [0.1, 0.15) is 18.4 Å². The summed E-state index contributed by atoms with van der Waals surface area (Å²) >= 11 is 2.83. The Bertz CT molecular complexity index is 930. The molecule has 0 spiro atoms. The zero-order valence-electron chi connectivity index (χ0n) is 13.1. The van der Waals surface area contributed by atoms with Gasteiger partial charge in [0.15, 0.2) is 10.1 Å². The monoisotopic (exact) mass is 365 g/mol. The van der Waals surface area contributed by atoms with Crippen molar-refractivity contribution < 1.29 is 9.53 Å². The third kappa shape index (κ3) is 3.49. The summed E-state index contributed by atoms with van der Waals surface area (Å²) < 4.78 is 8.17. The van der Waals surface area contributed by atoms with Gasteiger partial charge in [0.05, 0.1) is 12.3 Å². The van der Waals surface area contributed by atoms with E-state index in [1.165, 1.54) is 33.6 Å². The number of hydrogen-bond acceptors (Lipinski definition) is 8. The molecule has 3 aromatic rings. The first kappa shape index (κ1) is 16.7. The Morgan fingerprint density at radius 1 is 1.42 bits per heavy atom. The van der Waals surface area contributed by atoms with E-state index in [0.717, 1.165) is 0 Å². The normalized spacial score (nSPS) is 11.1. The number of rotatable bonds is 6. The molecule has 3 rings (SSSR count). The van der Waals surface area contributed by atoms with E-state index in [1.807, 2.05) is 5.38 Å². The van der Waals surface area contributed by atoms with Gasteiger partial charge in [-0.15, -0.1) is 21.5 Å². The number of hydrogen-bond donors (Lipinski definition) is 0. The molecule has 8 nitrogen and oxygen atoms in total. The van der Waals surface area contributed by atoms with E-state index >= 15 is 0 Å². The van der Waals surface area contributed by atoms with Gasteiger partial charge in [-0.3, -0.25) is 14.0 Å². The average Bonchev–Trinajstić information content (AvgIpc) is 3.14. The highest BCUT2D eigenvalue weighted by Gasteiger charge is 2.14. The number of esters is 1. The molecule has 3 heterocycles. The van der Waals surface area contributed by atoms with Gasteiger partial charge in [-0.1, -0.05) is 11.8 Å². The summed E-state index contributed by atoms with van der Waals surface area (Å²) in [5.74, 6) is 0.703. The van der Waals surface area contributed by atoms with Crippen LogP contribution in [-0.2, 0) is 28.8 Å². The van der Waals surface area contributed by atoms with Crippen molar-refractivity contribution in [1.82, 2.24) is 24.1 Å². The Balaban J connectivity index is 1.71. The van der Waals surface area contributed by atoms with Gasteiger partial charge in [0, 0.05) is 30.4 Å². The Labute approximate surface area is 145 Å². The maximum atomic E-state index is 12.0. The van der Waals surface area contributed by atoms with Crippen LogP contribution < -0.4 is 5.56 Å². The van der Waals surface area contributed by atoms with Gasteiger partial charge in [-0.05, 0) is 6.92 Å². The summed E-state index contributed by atoms with van der Waals surface area (Å²) in [6.45, 7) is 2.10. The van der Waals surface area contributed by atoms with Crippen LogP contribution in [-0.4, -0.2) is 36.7 Å².